The molecule has 4 nitrogen and oxygen atoms in total. The number of amides is 1. The van der Waals surface area contributed by atoms with E-state index in [1.807, 2.05) is 37.3 Å². The molecule has 0 unspecified atom stereocenters. The molecular weight excluding hydrogens is 430 g/mol. The lowest BCUT2D eigenvalue weighted by Gasteiger charge is -2.38. The van der Waals surface area contributed by atoms with Crippen LogP contribution in [0.3, 0.4) is 0 Å². The largest absolute Gasteiger partial charge is 0.330 e. The highest BCUT2D eigenvalue weighted by atomic mass is 16.2. The Bertz CT molecular complexity index is 1060. The number of aromatic nitrogens is 1. The molecule has 2 aromatic carbocycles. The normalized spacial score (nSPS) is 14.7. The van der Waals surface area contributed by atoms with Crippen LogP contribution in [0.5, 0.6) is 0 Å². The molecule has 3 aromatic rings. The van der Waals surface area contributed by atoms with Crippen LogP contribution >= 0.6 is 0 Å². The summed E-state index contributed by atoms with van der Waals surface area (Å²) in [5.74, 6) is 0.120. The number of piperidine rings is 1. The molecule has 0 N–H and O–H groups in total. The lowest BCUT2D eigenvalue weighted by Crippen LogP contribution is -2.47. The summed E-state index contributed by atoms with van der Waals surface area (Å²) in [6.45, 7) is 7.77. The summed E-state index contributed by atoms with van der Waals surface area (Å²) in [6.07, 6.45) is 6.73. The minimum Gasteiger partial charge on any atom is -0.330 e. The van der Waals surface area contributed by atoms with Gasteiger partial charge < -0.3 is 4.90 Å². The van der Waals surface area contributed by atoms with E-state index in [0.717, 1.165) is 55.8 Å². The van der Waals surface area contributed by atoms with Gasteiger partial charge in [0.1, 0.15) is 0 Å². The van der Waals surface area contributed by atoms with Crippen molar-refractivity contribution in [2.75, 3.05) is 13.1 Å². The van der Waals surface area contributed by atoms with Crippen LogP contribution in [0.2, 0.25) is 0 Å². The Balaban J connectivity index is 1.45. The van der Waals surface area contributed by atoms with Crippen molar-refractivity contribution in [1.29, 1.82) is 0 Å². The minimum absolute atomic E-state index is 0.120. The standard InChI is InChI=1S/C31H39N3O/c1-3-4-6-11-26-15-17-28(18-16-26)31(35)34(24-29-14-9-10-25(2)32-29)30-19-21-33(22-20-30)23-27-12-7-5-8-13-27/h5,7-10,12-18,30H,3-4,6,11,19-24H2,1-2H3. The second kappa shape index (κ2) is 12.6. The first-order chi connectivity index (χ1) is 17.1. The first kappa shape index (κ1) is 25.1. The van der Waals surface area contributed by atoms with E-state index in [2.05, 4.69) is 59.2 Å². The first-order valence-electron chi connectivity index (χ1n) is 13.2. The minimum atomic E-state index is 0.120. The molecule has 184 valence electrons. The van der Waals surface area contributed by atoms with Crippen molar-refractivity contribution in [2.24, 2.45) is 0 Å². The highest BCUT2D eigenvalue weighted by Gasteiger charge is 2.29. The summed E-state index contributed by atoms with van der Waals surface area (Å²) in [5.41, 5.74) is 5.40. The summed E-state index contributed by atoms with van der Waals surface area (Å²) in [4.78, 5) is 23.1. The molecule has 0 bridgehead atoms. The van der Waals surface area contributed by atoms with Crippen LogP contribution in [0.15, 0.2) is 72.8 Å². The lowest BCUT2D eigenvalue weighted by atomic mass is 10.00. The maximum absolute atomic E-state index is 13.8. The molecule has 0 atom stereocenters. The predicted molar refractivity (Wildman–Crippen MR) is 143 cm³/mol. The summed E-state index contributed by atoms with van der Waals surface area (Å²) in [7, 11) is 0. The van der Waals surface area contributed by atoms with Gasteiger partial charge in [0.05, 0.1) is 12.2 Å². The number of likely N-dealkylation sites (tertiary alicyclic amines) is 1. The Morgan fingerprint density at radius 1 is 0.914 bits per heavy atom. The maximum atomic E-state index is 13.8. The molecule has 2 heterocycles. The monoisotopic (exact) mass is 469 g/mol. The average molecular weight is 470 g/mol. The number of pyridine rings is 1. The molecule has 4 rings (SSSR count). The van der Waals surface area contributed by atoms with Crippen LogP contribution in [0.1, 0.15) is 71.9 Å². The zero-order chi connectivity index (χ0) is 24.5. The molecule has 1 aromatic heterocycles. The van der Waals surface area contributed by atoms with Gasteiger partial charge in [0.25, 0.3) is 5.91 Å². The molecule has 1 aliphatic rings. The Morgan fingerprint density at radius 2 is 1.66 bits per heavy atom. The van der Waals surface area contributed by atoms with E-state index in [4.69, 9.17) is 4.98 Å². The molecule has 1 aliphatic heterocycles. The van der Waals surface area contributed by atoms with Gasteiger partial charge in [0.2, 0.25) is 0 Å². The van der Waals surface area contributed by atoms with E-state index in [-0.39, 0.29) is 11.9 Å². The van der Waals surface area contributed by atoms with Crippen LogP contribution in [0, 0.1) is 6.92 Å². The number of unbranched alkanes of at least 4 members (excludes halogenated alkanes) is 2. The van der Waals surface area contributed by atoms with Gasteiger partial charge in [-0.2, -0.15) is 0 Å². The Morgan fingerprint density at radius 3 is 2.34 bits per heavy atom. The van der Waals surface area contributed by atoms with Crippen molar-refractivity contribution in [2.45, 2.75) is 71.5 Å². The number of carbonyl (C=O) groups is 1. The van der Waals surface area contributed by atoms with Gasteiger partial charge >= 0.3 is 0 Å². The van der Waals surface area contributed by atoms with Crippen molar-refractivity contribution in [3.63, 3.8) is 0 Å². The lowest BCUT2D eigenvalue weighted by molar-refractivity contribution is 0.0539. The summed E-state index contributed by atoms with van der Waals surface area (Å²) in [5, 5.41) is 0. The molecule has 1 saturated heterocycles. The van der Waals surface area contributed by atoms with Crippen LogP contribution in [-0.2, 0) is 19.5 Å². The van der Waals surface area contributed by atoms with Crippen molar-refractivity contribution in [3.8, 4) is 0 Å². The second-order valence-corrected chi connectivity index (χ2v) is 9.85. The molecule has 1 amide bonds. The van der Waals surface area contributed by atoms with Gasteiger partial charge in [0, 0.05) is 36.9 Å². The number of hydrogen-bond acceptors (Lipinski definition) is 3. The summed E-state index contributed by atoms with van der Waals surface area (Å²) in [6, 6.07) is 25.3. The number of carbonyl (C=O) groups excluding carboxylic acids is 1. The van der Waals surface area contributed by atoms with E-state index in [0.29, 0.717) is 6.54 Å². The molecule has 1 fully saturated rings. The van der Waals surface area contributed by atoms with Crippen molar-refractivity contribution in [1.82, 2.24) is 14.8 Å². The van der Waals surface area contributed by atoms with E-state index >= 15 is 0 Å². The molecule has 0 spiro atoms. The smallest absolute Gasteiger partial charge is 0.254 e. The fraction of sp³-hybridized carbons (Fsp3) is 0.419. The van der Waals surface area contributed by atoms with Crippen molar-refractivity contribution < 1.29 is 4.79 Å². The molecule has 35 heavy (non-hydrogen) atoms. The molecule has 0 aliphatic carbocycles. The third kappa shape index (κ3) is 7.25. The van der Waals surface area contributed by atoms with Gasteiger partial charge in [-0.05, 0) is 68.0 Å². The van der Waals surface area contributed by atoms with Crippen LogP contribution in [-0.4, -0.2) is 39.8 Å². The zero-order valence-corrected chi connectivity index (χ0v) is 21.3. The second-order valence-electron chi connectivity index (χ2n) is 9.85. The molecular formula is C31H39N3O. The van der Waals surface area contributed by atoms with Crippen molar-refractivity contribution in [3.05, 3.63) is 101 Å². The van der Waals surface area contributed by atoms with E-state index < -0.39 is 0 Å². The fourth-order valence-electron chi connectivity index (χ4n) is 5.02. The first-order valence-corrected chi connectivity index (χ1v) is 13.2. The average Bonchev–Trinajstić information content (AvgIpc) is 2.89. The number of aryl methyl sites for hydroxylation is 2. The number of hydrogen-bond donors (Lipinski definition) is 0. The topological polar surface area (TPSA) is 36.4 Å². The predicted octanol–water partition coefficient (Wildman–Crippen LogP) is 6.43. The summed E-state index contributed by atoms with van der Waals surface area (Å²) < 4.78 is 0. The molecule has 0 radical (unpaired) electrons. The SMILES string of the molecule is CCCCCc1ccc(C(=O)N(Cc2cccc(C)n2)C2CCN(Cc3ccccc3)CC2)cc1. The van der Waals surface area contributed by atoms with Gasteiger partial charge in [-0.1, -0.05) is 68.3 Å². The van der Waals surface area contributed by atoms with Crippen LogP contribution in [0.4, 0.5) is 0 Å². The van der Waals surface area contributed by atoms with Crippen LogP contribution < -0.4 is 0 Å². The van der Waals surface area contributed by atoms with Crippen molar-refractivity contribution >= 4 is 5.91 Å². The van der Waals surface area contributed by atoms with E-state index in [1.54, 1.807) is 0 Å². The van der Waals surface area contributed by atoms with Gasteiger partial charge in [0.15, 0.2) is 0 Å². The molecule has 4 heteroatoms. The fourth-order valence-corrected chi connectivity index (χ4v) is 5.02. The van der Waals surface area contributed by atoms with Crippen LogP contribution in [0.25, 0.3) is 0 Å². The maximum Gasteiger partial charge on any atom is 0.254 e. The third-order valence-electron chi connectivity index (χ3n) is 7.06. The Labute approximate surface area is 211 Å². The van der Waals surface area contributed by atoms with Gasteiger partial charge in [-0.15, -0.1) is 0 Å². The van der Waals surface area contributed by atoms with Gasteiger partial charge in [-0.3, -0.25) is 14.7 Å². The highest BCUT2D eigenvalue weighted by Crippen LogP contribution is 2.23. The van der Waals surface area contributed by atoms with E-state index in [9.17, 15) is 4.79 Å². The zero-order valence-electron chi connectivity index (χ0n) is 21.3. The Kier molecular flexibility index (Phi) is 9.08. The molecule has 0 saturated carbocycles. The summed E-state index contributed by atoms with van der Waals surface area (Å²) >= 11 is 0. The van der Waals surface area contributed by atoms with Gasteiger partial charge in [-0.25, -0.2) is 0 Å². The Hall–Kier alpha value is -2.98. The number of nitrogens with zero attached hydrogens (tertiary/aromatic N) is 3. The quantitative estimate of drug-likeness (QED) is 0.321. The third-order valence-corrected chi connectivity index (χ3v) is 7.06. The number of benzene rings is 2. The van der Waals surface area contributed by atoms with E-state index in [1.165, 1.54) is 30.4 Å². The highest BCUT2D eigenvalue weighted by molar-refractivity contribution is 5.94. The number of rotatable bonds is 10.